The molecule has 0 saturated carbocycles. The molecular weight excluding hydrogens is 234 g/mol. The van der Waals surface area contributed by atoms with Crippen molar-refractivity contribution in [3.05, 3.63) is 41.3 Å². The third-order valence-corrected chi connectivity index (χ3v) is 3.55. The second-order valence-electron chi connectivity index (χ2n) is 6.13. The molecule has 2 rings (SSSR count). The average Bonchev–Trinajstić information content (AvgIpc) is 2.69. The number of benzene rings is 1. The molecule has 1 aromatic heterocycles. The van der Waals surface area contributed by atoms with E-state index in [4.69, 9.17) is 5.73 Å². The fraction of sp³-hybridized carbons (Fsp3) is 0.438. The minimum absolute atomic E-state index is 0.173. The van der Waals surface area contributed by atoms with Gasteiger partial charge in [-0.25, -0.2) is 4.98 Å². The van der Waals surface area contributed by atoms with Crippen LogP contribution in [0.4, 0.5) is 0 Å². The zero-order valence-electron chi connectivity index (χ0n) is 12.5. The molecule has 0 atom stereocenters. The third-order valence-electron chi connectivity index (χ3n) is 3.55. The van der Waals surface area contributed by atoms with Crippen molar-refractivity contribution in [1.29, 1.82) is 0 Å². The second-order valence-corrected chi connectivity index (χ2v) is 6.13. The van der Waals surface area contributed by atoms with Gasteiger partial charge >= 0.3 is 0 Å². The van der Waals surface area contributed by atoms with Gasteiger partial charge in [0.2, 0.25) is 0 Å². The predicted octanol–water partition coefficient (Wildman–Crippen LogP) is 3.15. The summed E-state index contributed by atoms with van der Waals surface area (Å²) in [5, 5.41) is 0. The van der Waals surface area contributed by atoms with Gasteiger partial charge in [0.25, 0.3) is 0 Å². The zero-order valence-corrected chi connectivity index (χ0v) is 12.5. The molecule has 19 heavy (non-hydrogen) atoms. The Morgan fingerprint density at radius 2 is 1.95 bits per heavy atom. The molecule has 102 valence electrons. The average molecular weight is 257 g/mol. The topological polar surface area (TPSA) is 43.8 Å². The largest absolute Gasteiger partial charge is 0.333 e. The van der Waals surface area contributed by atoms with Gasteiger partial charge in [0.15, 0.2) is 0 Å². The Bertz CT molecular complexity index is 589. The number of aryl methyl sites for hydroxylation is 2. The summed E-state index contributed by atoms with van der Waals surface area (Å²) in [6, 6.07) is 6.66. The van der Waals surface area contributed by atoms with Crippen LogP contribution < -0.4 is 5.73 Å². The van der Waals surface area contributed by atoms with Gasteiger partial charge in [0.05, 0.1) is 17.7 Å². The molecule has 0 aliphatic heterocycles. The molecule has 3 nitrogen and oxygen atoms in total. The van der Waals surface area contributed by atoms with E-state index < -0.39 is 0 Å². The van der Waals surface area contributed by atoms with Crippen molar-refractivity contribution < 1.29 is 0 Å². The normalized spacial score (nSPS) is 11.9. The summed E-state index contributed by atoms with van der Waals surface area (Å²) in [5.74, 6) is 0. The maximum atomic E-state index is 5.77. The Morgan fingerprint density at radius 1 is 1.26 bits per heavy atom. The van der Waals surface area contributed by atoms with E-state index in [0.29, 0.717) is 6.54 Å². The van der Waals surface area contributed by atoms with E-state index in [1.165, 1.54) is 16.7 Å². The number of rotatable bonds is 2. The highest BCUT2D eigenvalue weighted by molar-refractivity contribution is 5.67. The van der Waals surface area contributed by atoms with Crippen molar-refractivity contribution >= 4 is 0 Å². The summed E-state index contributed by atoms with van der Waals surface area (Å²) in [5.41, 5.74) is 11.9. The first kappa shape index (κ1) is 13.8. The van der Waals surface area contributed by atoms with Crippen LogP contribution in [0.25, 0.3) is 11.3 Å². The van der Waals surface area contributed by atoms with Gasteiger partial charge in [-0.15, -0.1) is 0 Å². The Morgan fingerprint density at radius 3 is 2.47 bits per heavy atom. The van der Waals surface area contributed by atoms with E-state index >= 15 is 0 Å². The molecule has 0 spiro atoms. The van der Waals surface area contributed by atoms with E-state index in [-0.39, 0.29) is 5.41 Å². The van der Waals surface area contributed by atoms with Crippen LogP contribution in [-0.4, -0.2) is 9.55 Å². The summed E-state index contributed by atoms with van der Waals surface area (Å²) in [6.45, 7) is 9.32. The van der Waals surface area contributed by atoms with Crippen molar-refractivity contribution in [2.45, 2.75) is 39.7 Å². The molecular formula is C16H23N3. The lowest BCUT2D eigenvalue weighted by atomic mass is 9.85. The van der Waals surface area contributed by atoms with Gasteiger partial charge in [0.1, 0.15) is 0 Å². The minimum atomic E-state index is 0.173. The summed E-state index contributed by atoms with van der Waals surface area (Å²) in [7, 11) is 2.01. The van der Waals surface area contributed by atoms with E-state index in [0.717, 1.165) is 11.4 Å². The van der Waals surface area contributed by atoms with Crippen LogP contribution in [0.1, 0.15) is 37.6 Å². The molecule has 1 aromatic carbocycles. The summed E-state index contributed by atoms with van der Waals surface area (Å²) >= 11 is 0. The third kappa shape index (κ3) is 2.56. The molecule has 0 unspecified atom stereocenters. The Balaban J connectivity index is 2.55. The first-order valence-electron chi connectivity index (χ1n) is 6.66. The van der Waals surface area contributed by atoms with Crippen LogP contribution in [0.3, 0.4) is 0 Å². The van der Waals surface area contributed by atoms with Crippen molar-refractivity contribution in [2.75, 3.05) is 0 Å². The number of nitrogens with two attached hydrogens (primary N) is 1. The molecule has 1 heterocycles. The zero-order chi connectivity index (χ0) is 14.2. The highest BCUT2D eigenvalue weighted by Crippen LogP contribution is 2.30. The maximum Gasteiger partial charge on any atom is 0.0952 e. The van der Waals surface area contributed by atoms with E-state index in [1.807, 2.05) is 17.9 Å². The van der Waals surface area contributed by atoms with Crippen LogP contribution >= 0.6 is 0 Å². The number of hydrogen-bond acceptors (Lipinski definition) is 2. The number of hydrogen-bond donors (Lipinski definition) is 1. The van der Waals surface area contributed by atoms with Crippen molar-refractivity contribution in [1.82, 2.24) is 9.55 Å². The van der Waals surface area contributed by atoms with Crippen LogP contribution in [0.2, 0.25) is 0 Å². The van der Waals surface area contributed by atoms with Gasteiger partial charge in [-0.2, -0.15) is 0 Å². The van der Waals surface area contributed by atoms with Crippen LogP contribution in [0.15, 0.2) is 24.5 Å². The Hall–Kier alpha value is -1.61. The molecule has 2 N–H and O–H groups in total. The van der Waals surface area contributed by atoms with Gasteiger partial charge < -0.3 is 10.3 Å². The van der Waals surface area contributed by atoms with Crippen LogP contribution in [0, 0.1) is 6.92 Å². The fourth-order valence-corrected chi connectivity index (χ4v) is 2.37. The number of imidazole rings is 1. The smallest absolute Gasteiger partial charge is 0.0952 e. The Kier molecular flexibility index (Phi) is 3.50. The van der Waals surface area contributed by atoms with Crippen molar-refractivity contribution in [3.8, 4) is 11.3 Å². The van der Waals surface area contributed by atoms with Crippen LogP contribution in [0.5, 0.6) is 0 Å². The predicted molar refractivity (Wildman–Crippen MR) is 80.0 cm³/mol. The quantitative estimate of drug-likeness (QED) is 0.898. The molecule has 0 saturated heterocycles. The summed E-state index contributed by atoms with van der Waals surface area (Å²) in [6.07, 6.45) is 1.83. The molecule has 2 aromatic rings. The molecule has 0 radical (unpaired) electrons. The molecule has 3 heteroatoms. The first-order valence-corrected chi connectivity index (χ1v) is 6.66. The lowest BCUT2D eigenvalue weighted by molar-refractivity contribution is 0.590. The van der Waals surface area contributed by atoms with Gasteiger partial charge in [-0.1, -0.05) is 39.0 Å². The SMILES string of the molecule is Cc1cc(C(C)(C)C)ccc1-c1c(CN)ncn1C. The Labute approximate surface area is 115 Å². The molecule has 0 fully saturated rings. The summed E-state index contributed by atoms with van der Waals surface area (Å²) < 4.78 is 2.04. The number of nitrogens with zero attached hydrogens (tertiary/aromatic N) is 2. The highest BCUT2D eigenvalue weighted by Gasteiger charge is 2.17. The lowest BCUT2D eigenvalue weighted by Gasteiger charge is -2.21. The minimum Gasteiger partial charge on any atom is -0.333 e. The molecule has 0 bridgehead atoms. The van der Waals surface area contributed by atoms with Gasteiger partial charge in [-0.3, -0.25) is 0 Å². The van der Waals surface area contributed by atoms with E-state index in [1.54, 1.807) is 0 Å². The fourth-order valence-electron chi connectivity index (χ4n) is 2.37. The maximum absolute atomic E-state index is 5.77. The van der Waals surface area contributed by atoms with Gasteiger partial charge in [0, 0.05) is 19.2 Å². The number of aromatic nitrogens is 2. The lowest BCUT2D eigenvalue weighted by Crippen LogP contribution is -2.11. The highest BCUT2D eigenvalue weighted by atomic mass is 15.0. The van der Waals surface area contributed by atoms with E-state index in [9.17, 15) is 0 Å². The second kappa shape index (κ2) is 4.82. The monoisotopic (exact) mass is 257 g/mol. The van der Waals surface area contributed by atoms with E-state index in [2.05, 4.69) is 50.9 Å². The first-order chi connectivity index (χ1) is 8.84. The molecule has 0 aliphatic rings. The van der Waals surface area contributed by atoms with Crippen molar-refractivity contribution in [3.63, 3.8) is 0 Å². The molecule has 0 aliphatic carbocycles. The molecule has 0 amide bonds. The van der Waals surface area contributed by atoms with Gasteiger partial charge in [-0.05, 0) is 23.5 Å². The van der Waals surface area contributed by atoms with Crippen LogP contribution in [-0.2, 0) is 19.0 Å². The van der Waals surface area contributed by atoms with Crippen molar-refractivity contribution in [2.24, 2.45) is 12.8 Å². The standard InChI is InChI=1S/C16H23N3/c1-11-8-12(16(2,3)4)6-7-13(11)15-14(9-17)18-10-19(15)5/h6-8,10H,9,17H2,1-5H3. The summed E-state index contributed by atoms with van der Waals surface area (Å²) in [4.78, 5) is 4.36.